The van der Waals surface area contributed by atoms with Crippen molar-refractivity contribution < 1.29 is 14.1 Å². The van der Waals surface area contributed by atoms with Crippen molar-refractivity contribution in [2.45, 2.75) is 89.1 Å². The number of fused-ring (bicyclic) bond motifs is 3. The number of nitrogens with zero attached hydrogens (tertiary/aromatic N) is 2. The molecule has 1 amide bonds. The number of benzene rings is 1. The second kappa shape index (κ2) is 7.78. The Morgan fingerprint density at radius 1 is 1.12 bits per heavy atom. The van der Waals surface area contributed by atoms with E-state index in [1.54, 1.807) is 0 Å². The molecule has 0 unspecified atom stereocenters. The van der Waals surface area contributed by atoms with Gasteiger partial charge < -0.3 is 14.6 Å². The minimum absolute atomic E-state index is 0.0964. The number of ether oxygens (including phenoxy) is 1. The van der Waals surface area contributed by atoms with Crippen molar-refractivity contribution in [3.8, 4) is 0 Å². The molecule has 1 heterocycles. The van der Waals surface area contributed by atoms with Crippen LogP contribution < -0.4 is 10.6 Å². The Hall–Kier alpha value is -2.57. The zero-order chi connectivity index (χ0) is 22.4. The van der Waals surface area contributed by atoms with Crippen LogP contribution in [0.1, 0.15) is 89.8 Å². The average molecular weight is 439 g/mol. The number of carbonyl (C=O) groups excluding carboxylic acids is 1. The number of hydrogen-bond donors (Lipinski definition) is 2. The quantitative estimate of drug-likeness (QED) is 0.575. The molecule has 2 aromatic rings. The van der Waals surface area contributed by atoms with Gasteiger partial charge in [-0.15, -0.1) is 0 Å². The maximum atomic E-state index is 12.1. The lowest BCUT2D eigenvalue weighted by Gasteiger charge is -2.52. The summed E-state index contributed by atoms with van der Waals surface area (Å²) in [6.07, 6.45) is 8.88. The van der Waals surface area contributed by atoms with E-state index in [-0.39, 0.29) is 5.41 Å². The topological polar surface area (TPSA) is 89.3 Å². The smallest absolute Gasteiger partial charge is 0.412 e. The molecule has 1 aromatic carbocycles. The third-order valence-corrected chi connectivity index (χ3v) is 7.41. The molecule has 1 aromatic heterocycles. The van der Waals surface area contributed by atoms with Gasteiger partial charge in [0.2, 0.25) is 5.89 Å². The molecule has 7 nitrogen and oxygen atoms in total. The summed E-state index contributed by atoms with van der Waals surface area (Å²) in [6.45, 7) is 6.52. The molecular formula is C25H34N4O3. The zero-order valence-electron chi connectivity index (χ0n) is 19.4. The van der Waals surface area contributed by atoms with E-state index in [1.807, 2.05) is 45.0 Å². The first-order valence-electron chi connectivity index (χ1n) is 11.9. The second-order valence-electron chi connectivity index (χ2n) is 11.1. The van der Waals surface area contributed by atoms with Gasteiger partial charge in [0.05, 0.1) is 0 Å². The molecule has 2 bridgehead atoms. The van der Waals surface area contributed by atoms with E-state index in [1.165, 1.54) is 32.1 Å². The summed E-state index contributed by atoms with van der Waals surface area (Å²) in [7, 11) is 0. The van der Waals surface area contributed by atoms with Crippen LogP contribution in [-0.2, 0) is 10.2 Å². The van der Waals surface area contributed by atoms with Gasteiger partial charge in [-0.05, 0) is 95.8 Å². The Labute approximate surface area is 189 Å². The molecule has 172 valence electrons. The first-order chi connectivity index (χ1) is 15.2. The highest BCUT2D eigenvalue weighted by atomic mass is 16.6. The van der Waals surface area contributed by atoms with Crippen LogP contribution in [0.5, 0.6) is 0 Å². The molecule has 0 saturated heterocycles. The predicted octanol–water partition coefficient (Wildman–Crippen LogP) is 6.00. The molecule has 0 atom stereocenters. The lowest BCUT2D eigenvalue weighted by atomic mass is 9.53. The Bertz CT molecular complexity index is 965. The van der Waals surface area contributed by atoms with Crippen LogP contribution in [0, 0.1) is 5.41 Å². The van der Waals surface area contributed by atoms with Gasteiger partial charge in [0.25, 0.3) is 0 Å². The van der Waals surface area contributed by atoms with Gasteiger partial charge in [0, 0.05) is 29.3 Å². The highest BCUT2D eigenvalue weighted by Crippen LogP contribution is 2.57. The summed E-state index contributed by atoms with van der Waals surface area (Å²) in [5.41, 5.74) is 1.64. The number of nitrogens with one attached hydrogen (secondary N) is 2. The Balaban J connectivity index is 1.17. The summed E-state index contributed by atoms with van der Waals surface area (Å²) >= 11 is 0. The number of amides is 1. The minimum Gasteiger partial charge on any atom is -0.444 e. The first kappa shape index (κ1) is 21.3. The van der Waals surface area contributed by atoms with Crippen LogP contribution in [0.25, 0.3) is 0 Å². The van der Waals surface area contributed by atoms with Gasteiger partial charge in [0.1, 0.15) is 5.60 Å². The molecule has 0 aliphatic heterocycles. The molecular weight excluding hydrogens is 404 g/mol. The number of rotatable bonds is 6. The maximum absolute atomic E-state index is 12.1. The molecule has 32 heavy (non-hydrogen) atoms. The van der Waals surface area contributed by atoms with Crippen molar-refractivity contribution in [2.24, 2.45) is 5.41 Å². The van der Waals surface area contributed by atoms with Crippen LogP contribution in [0.2, 0.25) is 0 Å². The van der Waals surface area contributed by atoms with E-state index in [2.05, 4.69) is 15.8 Å². The Morgan fingerprint density at radius 2 is 1.81 bits per heavy atom. The van der Waals surface area contributed by atoms with Gasteiger partial charge in [-0.25, -0.2) is 4.79 Å². The molecule has 2 N–H and O–H groups in total. The number of carbonyl (C=O) groups is 1. The molecule has 4 aliphatic rings. The monoisotopic (exact) mass is 438 g/mol. The summed E-state index contributed by atoms with van der Waals surface area (Å²) in [5.74, 6) is 2.36. The summed E-state index contributed by atoms with van der Waals surface area (Å²) in [5, 5.41) is 10.7. The van der Waals surface area contributed by atoms with Gasteiger partial charge in [-0.3, -0.25) is 5.32 Å². The van der Waals surface area contributed by atoms with Crippen LogP contribution in [0.15, 0.2) is 28.8 Å². The van der Waals surface area contributed by atoms with Crippen molar-refractivity contribution >= 4 is 17.5 Å². The average Bonchev–Trinajstić information content (AvgIpc) is 3.48. The van der Waals surface area contributed by atoms with Crippen LogP contribution >= 0.6 is 0 Å². The van der Waals surface area contributed by atoms with E-state index >= 15 is 0 Å². The number of aromatic nitrogens is 2. The summed E-state index contributed by atoms with van der Waals surface area (Å²) < 4.78 is 11.1. The van der Waals surface area contributed by atoms with Gasteiger partial charge in [-0.2, -0.15) is 4.98 Å². The van der Waals surface area contributed by atoms with Crippen LogP contribution in [0.3, 0.4) is 0 Å². The Morgan fingerprint density at radius 3 is 2.47 bits per heavy atom. The summed E-state index contributed by atoms with van der Waals surface area (Å²) in [4.78, 5) is 16.9. The molecule has 0 spiro atoms. The standard InChI is InChI=1S/C25H34N4O3/c1-23(2,3)31-22(30)27-19-6-4-5-18(15-19)26-16-24-9-12-25(13-10-24,14-11-24)21-28-20(29-32-21)17-7-8-17/h4-6,15,17,26H,7-14,16H2,1-3H3,(H,27,30). The van der Waals surface area contributed by atoms with E-state index < -0.39 is 11.7 Å². The van der Waals surface area contributed by atoms with Crippen molar-refractivity contribution in [2.75, 3.05) is 17.2 Å². The normalized spacial score (nSPS) is 27.2. The maximum Gasteiger partial charge on any atom is 0.412 e. The van der Waals surface area contributed by atoms with E-state index in [9.17, 15) is 4.79 Å². The zero-order valence-corrected chi connectivity index (χ0v) is 19.4. The highest BCUT2D eigenvalue weighted by molar-refractivity contribution is 5.85. The summed E-state index contributed by atoms with van der Waals surface area (Å²) in [6, 6.07) is 7.84. The Kier molecular flexibility index (Phi) is 5.18. The highest BCUT2D eigenvalue weighted by Gasteiger charge is 2.52. The van der Waals surface area contributed by atoms with E-state index in [0.29, 0.717) is 11.3 Å². The molecule has 4 aliphatic carbocycles. The largest absolute Gasteiger partial charge is 0.444 e. The molecule has 4 fully saturated rings. The number of hydrogen-bond acceptors (Lipinski definition) is 6. The van der Waals surface area contributed by atoms with Gasteiger partial charge in [-0.1, -0.05) is 11.2 Å². The third-order valence-electron chi connectivity index (χ3n) is 7.41. The van der Waals surface area contributed by atoms with Crippen LogP contribution in [0.4, 0.5) is 16.2 Å². The van der Waals surface area contributed by atoms with Crippen LogP contribution in [-0.4, -0.2) is 28.4 Å². The van der Waals surface area contributed by atoms with Gasteiger partial charge >= 0.3 is 6.09 Å². The lowest BCUT2D eigenvalue weighted by Crippen LogP contribution is -2.47. The number of anilines is 2. The molecule has 0 radical (unpaired) electrons. The lowest BCUT2D eigenvalue weighted by molar-refractivity contribution is 0.0322. The van der Waals surface area contributed by atoms with E-state index in [4.69, 9.17) is 14.2 Å². The fourth-order valence-corrected chi connectivity index (χ4v) is 5.22. The predicted molar refractivity (Wildman–Crippen MR) is 123 cm³/mol. The molecule has 4 saturated carbocycles. The fourth-order valence-electron chi connectivity index (χ4n) is 5.22. The van der Waals surface area contributed by atoms with Crippen molar-refractivity contribution in [3.63, 3.8) is 0 Å². The second-order valence-corrected chi connectivity index (χ2v) is 11.1. The van der Waals surface area contributed by atoms with Crippen molar-refractivity contribution in [1.29, 1.82) is 0 Å². The fraction of sp³-hybridized carbons (Fsp3) is 0.640. The molecule has 7 heteroatoms. The van der Waals surface area contributed by atoms with Gasteiger partial charge in [0.15, 0.2) is 5.82 Å². The van der Waals surface area contributed by atoms with Crippen molar-refractivity contribution in [1.82, 2.24) is 10.1 Å². The van der Waals surface area contributed by atoms with E-state index in [0.717, 1.165) is 48.9 Å². The SMILES string of the molecule is CC(C)(C)OC(=O)Nc1cccc(NCC23CCC(c4nc(C5CC5)no4)(CC2)CC3)c1. The minimum atomic E-state index is -0.517. The van der Waals surface area contributed by atoms with Crippen molar-refractivity contribution in [3.05, 3.63) is 36.0 Å². The first-order valence-corrected chi connectivity index (χ1v) is 11.9. The third kappa shape index (κ3) is 4.48. The molecule has 6 rings (SSSR count).